The highest BCUT2D eigenvalue weighted by molar-refractivity contribution is 5.73. The topological polar surface area (TPSA) is 41.7 Å². The fraction of sp³-hybridized carbons (Fsp3) is 0.200. The number of hydrogen-bond donors (Lipinski definition) is 1. The summed E-state index contributed by atoms with van der Waals surface area (Å²) in [6.07, 6.45) is 4.67. The zero-order valence-electron chi connectivity index (χ0n) is 4.63. The van der Waals surface area contributed by atoms with Gasteiger partial charge in [0.15, 0.2) is 0 Å². The quantitative estimate of drug-likeness (QED) is 0.521. The van der Waals surface area contributed by atoms with Gasteiger partial charge in [-0.3, -0.25) is 0 Å². The average molecular weight is 109 g/mol. The molecule has 0 amide bonds. The van der Waals surface area contributed by atoms with E-state index in [0.29, 0.717) is 5.69 Å². The predicted molar refractivity (Wildman–Crippen MR) is 31.1 cm³/mol. The third-order valence-electron chi connectivity index (χ3n) is 0.873. The summed E-state index contributed by atoms with van der Waals surface area (Å²) >= 11 is 0. The van der Waals surface area contributed by atoms with Crippen LogP contribution in [0, 0.1) is 5.41 Å². The zero-order chi connectivity index (χ0) is 5.98. The predicted octanol–water partition coefficient (Wildman–Crippen LogP) is 0.418. The summed E-state index contributed by atoms with van der Waals surface area (Å²) < 4.78 is 1.81. The lowest BCUT2D eigenvalue weighted by Crippen LogP contribution is -1.78. The summed E-state index contributed by atoms with van der Waals surface area (Å²) in [6.45, 7) is 0. The molecule has 3 heteroatoms. The standard InChI is InChI=1S/C5H7N3/c1-8-3-5(2-6)7-4-8/h2-4,6H,1H3. The van der Waals surface area contributed by atoms with Crippen molar-refractivity contribution in [3.05, 3.63) is 18.2 Å². The summed E-state index contributed by atoms with van der Waals surface area (Å²) in [6, 6.07) is 0. The van der Waals surface area contributed by atoms with E-state index in [0.717, 1.165) is 0 Å². The molecule has 42 valence electrons. The summed E-state index contributed by atoms with van der Waals surface area (Å²) in [4.78, 5) is 3.85. The van der Waals surface area contributed by atoms with Crippen LogP contribution in [0.4, 0.5) is 0 Å². The highest BCUT2D eigenvalue weighted by Gasteiger charge is 1.86. The van der Waals surface area contributed by atoms with Crippen LogP contribution in [0.5, 0.6) is 0 Å². The Morgan fingerprint density at radius 1 is 1.88 bits per heavy atom. The van der Waals surface area contributed by atoms with Gasteiger partial charge in [-0.2, -0.15) is 0 Å². The molecule has 1 aromatic heterocycles. The monoisotopic (exact) mass is 109 g/mol. The number of nitrogens with one attached hydrogen (secondary N) is 1. The van der Waals surface area contributed by atoms with Gasteiger partial charge < -0.3 is 9.98 Å². The first kappa shape index (κ1) is 5.03. The van der Waals surface area contributed by atoms with Crippen LogP contribution in [0.1, 0.15) is 5.69 Å². The van der Waals surface area contributed by atoms with E-state index < -0.39 is 0 Å². The van der Waals surface area contributed by atoms with Crippen molar-refractivity contribution in [3.8, 4) is 0 Å². The first-order valence-electron chi connectivity index (χ1n) is 2.31. The van der Waals surface area contributed by atoms with Gasteiger partial charge >= 0.3 is 0 Å². The number of hydrogen-bond acceptors (Lipinski definition) is 2. The Morgan fingerprint density at radius 3 is 2.88 bits per heavy atom. The van der Waals surface area contributed by atoms with Crippen molar-refractivity contribution in [2.75, 3.05) is 0 Å². The lowest BCUT2D eigenvalue weighted by molar-refractivity contribution is 0.913. The van der Waals surface area contributed by atoms with Crippen LogP contribution in [0.25, 0.3) is 0 Å². The van der Waals surface area contributed by atoms with E-state index >= 15 is 0 Å². The summed E-state index contributed by atoms with van der Waals surface area (Å²) in [7, 11) is 1.88. The van der Waals surface area contributed by atoms with Crippen LogP contribution in [0.3, 0.4) is 0 Å². The van der Waals surface area contributed by atoms with Crippen molar-refractivity contribution in [2.24, 2.45) is 7.05 Å². The maximum atomic E-state index is 6.76. The fourth-order valence-electron chi connectivity index (χ4n) is 0.508. The number of nitrogens with zero attached hydrogens (tertiary/aromatic N) is 2. The SMILES string of the molecule is Cn1cnc(C=N)c1. The molecule has 0 saturated carbocycles. The largest absolute Gasteiger partial charge is 0.340 e. The Balaban J connectivity index is 3.00. The lowest BCUT2D eigenvalue weighted by Gasteiger charge is -1.78. The molecule has 0 unspecified atom stereocenters. The van der Waals surface area contributed by atoms with Crippen molar-refractivity contribution < 1.29 is 0 Å². The maximum absolute atomic E-state index is 6.76. The molecule has 1 heterocycles. The Hall–Kier alpha value is -1.12. The van der Waals surface area contributed by atoms with Crippen LogP contribution in [0.15, 0.2) is 12.5 Å². The molecule has 0 bridgehead atoms. The van der Waals surface area contributed by atoms with Gasteiger partial charge in [0.05, 0.1) is 12.0 Å². The van der Waals surface area contributed by atoms with E-state index in [2.05, 4.69) is 4.98 Å². The summed E-state index contributed by atoms with van der Waals surface area (Å²) in [5.74, 6) is 0. The minimum absolute atomic E-state index is 0.701. The lowest BCUT2D eigenvalue weighted by atomic mass is 10.5. The third-order valence-corrected chi connectivity index (χ3v) is 0.873. The van der Waals surface area contributed by atoms with Crippen LogP contribution < -0.4 is 0 Å². The first-order valence-corrected chi connectivity index (χ1v) is 2.31. The van der Waals surface area contributed by atoms with Crippen molar-refractivity contribution in [1.29, 1.82) is 5.41 Å². The molecule has 0 aliphatic heterocycles. The molecular formula is C5H7N3. The van der Waals surface area contributed by atoms with Crippen molar-refractivity contribution in [1.82, 2.24) is 9.55 Å². The zero-order valence-corrected chi connectivity index (χ0v) is 4.63. The molecule has 1 aromatic rings. The van der Waals surface area contributed by atoms with E-state index in [-0.39, 0.29) is 0 Å². The summed E-state index contributed by atoms with van der Waals surface area (Å²) in [5, 5.41) is 6.76. The minimum Gasteiger partial charge on any atom is -0.340 e. The third kappa shape index (κ3) is 0.753. The van der Waals surface area contributed by atoms with Gasteiger partial charge in [-0.15, -0.1) is 0 Å². The fourth-order valence-corrected chi connectivity index (χ4v) is 0.508. The molecule has 1 N–H and O–H groups in total. The Bertz CT molecular complexity index is 189. The van der Waals surface area contributed by atoms with Crippen LogP contribution in [0.2, 0.25) is 0 Å². The van der Waals surface area contributed by atoms with Gasteiger partial charge in [-0.25, -0.2) is 4.98 Å². The number of rotatable bonds is 1. The van der Waals surface area contributed by atoms with Gasteiger partial charge in [-0.05, 0) is 0 Å². The normalized spacial score (nSPS) is 9.12. The highest BCUT2D eigenvalue weighted by atomic mass is 15.0. The van der Waals surface area contributed by atoms with Gasteiger partial charge in [0.2, 0.25) is 0 Å². The van der Waals surface area contributed by atoms with Gasteiger partial charge in [0.1, 0.15) is 0 Å². The number of imidazole rings is 1. The second kappa shape index (κ2) is 1.78. The van der Waals surface area contributed by atoms with Gasteiger partial charge in [0.25, 0.3) is 0 Å². The Morgan fingerprint density at radius 2 is 2.62 bits per heavy atom. The molecule has 8 heavy (non-hydrogen) atoms. The van der Waals surface area contributed by atoms with E-state index in [9.17, 15) is 0 Å². The van der Waals surface area contributed by atoms with E-state index in [1.54, 1.807) is 17.1 Å². The van der Waals surface area contributed by atoms with Crippen molar-refractivity contribution in [3.63, 3.8) is 0 Å². The Kier molecular flexibility index (Phi) is 1.12. The number of aromatic nitrogens is 2. The molecule has 0 aliphatic rings. The minimum atomic E-state index is 0.701. The van der Waals surface area contributed by atoms with Crippen LogP contribution in [-0.4, -0.2) is 15.8 Å². The second-order valence-electron chi connectivity index (χ2n) is 1.61. The second-order valence-corrected chi connectivity index (χ2v) is 1.61. The van der Waals surface area contributed by atoms with E-state index in [1.165, 1.54) is 6.21 Å². The van der Waals surface area contributed by atoms with E-state index in [4.69, 9.17) is 5.41 Å². The van der Waals surface area contributed by atoms with E-state index in [1.807, 2.05) is 7.05 Å². The van der Waals surface area contributed by atoms with Gasteiger partial charge in [-0.1, -0.05) is 0 Å². The molecule has 0 saturated heterocycles. The van der Waals surface area contributed by atoms with Crippen molar-refractivity contribution >= 4 is 6.21 Å². The van der Waals surface area contributed by atoms with Gasteiger partial charge in [0, 0.05) is 19.5 Å². The summed E-state index contributed by atoms with van der Waals surface area (Å²) in [5.41, 5.74) is 0.701. The average Bonchev–Trinajstić information content (AvgIpc) is 2.14. The number of aryl methyl sites for hydroxylation is 1. The van der Waals surface area contributed by atoms with Crippen LogP contribution >= 0.6 is 0 Å². The van der Waals surface area contributed by atoms with Crippen LogP contribution in [-0.2, 0) is 7.05 Å². The molecule has 0 aromatic carbocycles. The molecule has 3 nitrogen and oxygen atoms in total. The molecule has 0 fully saturated rings. The Labute approximate surface area is 47.5 Å². The maximum Gasteiger partial charge on any atom is 0.0985 e. The van der Waals surface area contributed by atoms with Crippen molar-refractivity contribution in [2.45, 2.75) is 0 Å². The molecular weight excluding hydrogens is 102 g/mol. The first-order chi connectivity index (χ1) is 3.83. The molecule has 1 rings (SSSR count). The smallest absolute Gasteiger partial charge is 0.0985 e. The molecule has 0 aliphatic carbocycles. The molecule has 0 radical (unpaired) electrons. The molecule has 0 spiro atoms. The highest BCUT2D eigenvalue weighted by Crippen LogP contribution is 1.86. The molecule has 0 atom stereocenters.